The second-order valence-corrected chi connectivity index (χ2v) is 14.2. The van der Waals surface area contributed by atoms with Crippen molar-refractivity contribution < 1.29 is 0 Å². The summed E-state index contributed by atoms with van der Waals surface area (Å²) in [6.07, 6.45) is 0. The predicted molar refractivity (Wildman–Crippen MR) is 36.9 cm³/mol. The second kappa shape index (κ2) is 2.55. The molecule has 0 saturated heterocycles. The minimum absolute atomic E-state index is 0.857. The van der Waals surface area contributed by atoms with Crippen molar-refractivity contribution in [1.29, 1.82) is 0 Å². The van der Waals surface area contributed by atoms with E-state index in [9.17, 15) is 0 Å². The first kappa shape index (κ1) is 7.28. The Bertz CT molecular complexity index is 41.3. The molecule has 38 valence electrons. The second-order valence-electron chi connectivity index (χ2n) is 0.969. The van der Waals surface area contributed by atoms with Crippen LogP contribution in [0.4, 0.5) is 0 Å². The van der Waals surface area contributed by atoms with Crippen LogP contribution in [0.5, 0.6) is 0 Å². The Balaban J connectivity index is 3.17. The molecule has 0 rings (SSSR count). The average molecular weight is 208 g/mol. The van der Waals surface area contributed by atoms with Gasteiger partial charge in [0, 0.05) is 0 Å². The van der Waals surface area contributed by atoms with E-state index < -0.39 is 5.31 Å². The molecule has 0 aliphatic rings. The maximum Gasteiger partial charge on any atom is 0.316 e. The first-order chi connectivity index (χ1) is 2.56. The van der Waals surface area contributed by atoms with Gasteiger partial charge < -0.3 is 0 Å². The third-order valence-electron chi connectivity index (χ3n) is 0.401. The van der Waals surface area contributed by atoms with Crippen molar-refractivity contribution in [3.05, 3.63) is 0 Å². The van der Waals surface area contributed by atoms with E-state index in [-0.39, 0.29) is 0 Å². The van der Waals surface area contributed by atoms with E-state index in [1.807, 2.05) is 6.92 Å². The highest BCUT2D eigenvalue weighted by Gasteiger charge is 2.19. The Morgan fingerprint density at radius 3 is 1.83 bits per heavy atom. The van der Waals surface area contributed by atoms with Gasteiger partial charge in [-0.15, -0.1) is 22.2 Å². The van der Waals surface area contributed by atoms with E-state index in [0.717, 1.165) is 6.04 Å². The van der Waals surface area contributed by atoms with Crippen molar-refractivity contribution >= 4 is 42.8 Å². The van der Waals surface area contributed by atoms with Crippen molar-refractivity contribution in [2.45, 2.75) is 13.0 Å². The largest absolute Gasteiger partial charge is 0.316 e. The molecule has 6 heavy (non-hydrogen) atoms. The summed E-state index contributed by atoms with van der Waals surface area (Å²) >= 11 is 14.2. The monoisotopic (exact) mass is 206 g/mol. The molecule has 0 aromatic rings. The van der Waals surface area contributed by atoms with Gasteiger partial charge in [-0.05, 0) is 6.04 Å². The molecule has 0 aliphatic carbocycles. The molecule has 0 heterocycles. The Morgan fingerprint density at radius 2 is 1.83 bits per heavy atom. The summed E-state index contributed by atoms with van der Waals surface area (Å²) in [4.78, 5) is 0. The van der Waals surface area contributed by atoms with Crippen molar-refractivity contribution in [3.63, 3.8) is 0 Å². The highest BCUT2D eigenvalue weighted by molar-refractivity contribution is 9.29. The molecule has 0 N–H and O–H groups in total. The molecule has 0 bridgehead atoms. The van der Waals surface area contributed by atoms with Crippen LogP contribution in [0.15, 0.2) is 0 Å². The summed E-state index contributed by atoms with van der Waals surface area (Å²) in [7, 11) is 0. The van der Waals surface area contributed by atoms with E-state index >= 15 is 0 Å². The summed E-state index contributed by atoms with van der Waals surface area (Å²) in [5.74, 6) is 0. The highest BCUT2D eigenvalue weighted by atomic mass is 79.9. The van der Waals surface area contributed by atoms with Crippen LogP contribution in [0.25, 0.3) is 0 Å². The first-order valence-electron chi connectivity index (χ1n) is 1.63. The van der Waals surface area contributed by atoms with Crippen LogP contribution < -0.4 is 0 Å². The lowest BCUT2D eigenvalue weighted by Gasteiger charge is -1.98. The zero-order chi connectivity index (χ0) is 5.21. The number of halogens is 3. The molecule has 0 spiro atoms. The molecule has 0 atom stereocenters. The van der Waals surface area contributed by atoms with Crippen molar-refractivity contribution in [1.82, 2.24) is 0 Å². The number of hydrogen-bond acceptors (Lipinski definition) is 0. The van der Waals surface area contributed by atoms with Crippen LogP contribution in [0.1, 0.15) is 6.92 Å². The molecule has 0 aromatic carbocycles. The normalized spacial score (nSPS) is 12.0. The van der Waals surface area contributed by atoms with Gasteiger partial charge in [-0.2, -0.15) is 0 Å². The minimum atomic E-state index is -1.87. The van der Waals surface area contributed by atoms with Gasteiger partial charge in [-0.25, -0.2) is 0 Å². The van der Waals surface area contributed by atoms with E-state index in [1.54, 1.807) is 0 Å². The fourth-order valence-corrected chi connectivity index (χ4v) is 0. The van der Waals surface area contributed by atoms with E-state index in [4.69, 9.17) is 22.2 Å². The summed E-state index contributed by atoms with van der Waals surface area (Å²) in [6.45, 7) is 1.96. The number of hydrogen-bond donors (Lipinski definition) is 0. The standard InChI is InChI=1S/C2H5BrCl2Si/c1-2-6(3,4)5/h2H2,1H3. The van der Waals surface area contributed by atoms with Crippen LogP contribution in [-0.2, 0) is 0 Å². The fraction of sp³-hybridized carbons (Fsp3) is 1.00. The Kier molecular flexibility index (Phi) is 3.09. The third kappa shape index (κ3) is 5.28. The van der Waals surface area contributed by atoms with E-state index in [0.29, 0.717) is 0 Å². The van der Waals surface area contributed by atoms with E-state index in [2.05, 4.69) is 15.3 Å². The van der Waals surface area contributed by atoms with Crippen molar-refractivity contribution in [3.8, 4) is 0 Å². The molecule has 4 heteroatoms. The van der Waals surface area contributed by atoms with Crippen molar-refractivity contribution in [2.75, 3.05) is 0 Å². The van der Waals surface area contributed by atoms with Gasteiger partial charge in [0.2, 0.25) is 0 Å². The van der Waals surface area contributed by atoms with Crippen LogP contribution in [-0.4, -0.2) is 5.31 Å². The maximum absolute atomic E-state index is 5.54. The van der Waals surface area contributed by atoms with Gasteiger partial charge in [0.15, 0.2) is 0 Å². The summed E-state index contributed by atoms with van der Waals surface area (Å²) < 4.78 is 0. The topological polar surface area (TPSA) is 0 Å². The van der Waals surface area contributed by atoms with Gasteiger partial charge in [-0.3, -0.25) is 0 Å². The van der Waals surface area contributed by atoms with Gasteiger partial charge in [0.25, 0.3) is 0 Å². The molecule has 0 unspecified atom stereocenters. The zero-order valence-corrected chi connectivity index (χ0v) is 7.44. The maximum atomic E-state index is 5.54. The Labute approximate surface area is 55.8 Å². The molecular formula is C2H5BrCl2Si. The molecular weight excluding hydrogens is 203 g/mol. The molecule has 0 amide bonds. The zero-order valence-electron chi connectivity index (χ0n) is 3.34. The highest BCUT2D eigenvalue weighted by Crippen LogP contribution is 2.25. The summed E-state index contributed by atoms with van der Waals surface area (Å²) in [5, 5.41) is -1.87. The van der Waals surface area contributed by atoms with Crippen LogP contribution in [0, 0.1) is 0 Å². The smallest absolute Gasteiger partial charge is 0.131 e. The summed E-state index contributed by atoms with van der Waals surface area (Å²) in [5.41, 5.74) is 0. The molecule has 0 fully saturated rings. The first-order valence-corrected chi connectivity index (χ1v) is 8.12. The molecule has 0 aromatic heterocycles. The van der Waals surface area contributed by atoms with Crippen LogP contribution >= 0.6 is 37.5 Å². The average Bonchev–Trinajstić information content (AvgIpc) is 1.35. The fourth-order valence-electron chi connectivity index (χ4n) is 0. The van der Waals surface area contributed by atoms with Gasteiger partial charge in [0.1, 0.15) is 0 Å². The van der Waals surface area contributed by atoms with Gasteiger partial charge in [0.05, 0.1) is 0 Å². The minimum Gasteiger partial charge on any atom is -0.131 e. The Hall–Kier alpha value is 1.28. The summed E-state index contributed by atoms with van der Waals surface area (Å²) in [6, 6.07) is 0.857. The lowest BCUT2D eigenvalue weighted by molar-refractivity contribution is 1.46. The van der Waals surface area contributed by atoms with Crippen LogP contribution in [0.3, 0.4) is 0 Å². The third-order valence-corrected chi connectivity index (χ3v) is 4.49. The quantitative estimate of drug-likeness (QED) is 0.459. The predicted octanol–water partition coefficient (Wildman–Crippen LogP) is 2.82. The van der Waals surface area contributed by atoms with Gasteiger partial charge in [-0.1, -0.05) is 22.2 Å². The van der Waals surface area contributed by atoms with Gasteiger partial charge >= 0.3 is 5.31 Å². The van der Waals surface area contributed by atoms with Crippen LogP contribution in [0.2, 0.25) is 6.04 Å². The molecule has 0 radical (unpaired) electrons. The SMILES string of the molecule is CC[Si](Cl)(Cl)Br. The number of rotatable bonds is 1. The lowest BCUT2D eigenvalue weighted by Crippen LogP contribution is -2.03. The van der Waals surface area contributed by atoms with Crippen molar-refractivity contribution in [2.24, 2.45) is 0 Å². The molecule has 0 nitrogen and oxygen atoms in total. The van der Waals surface area contributed by atoms with E-state index in [1.165, 1.54) is 0 Å². The molecule has 0 saturated carbocycles. The lowest BCUT2D eigenvalue weighted by atomic mass is 11.0. The Morgan fingerprint density at radius 1 is 1.67 bits per heavy atom. The molecule has 0 aliphatic heterocycles.